The molecule has 8 aromatic carbocycles. The van der Waals surface area contributed by atoms with E-state index < -0.39 is 0 Å². The van der Waals surface area contributed by atoms with Gasteiger partial charge in [-0.25, -0.2) is 0 Å². The molecular formula is C53H39N3. The molecule has 1 aliphatic rings. The lowest BCUT2D eigenvalue weighted by molar-refractivity contribution is 0.660. The highest BCUT2D eigenvalue weighted by molar-refractivity contribution is 6.20. The van der Waals surface area contributed by atoms with Crippen LogP contribution >= 0.6 is 0 Å². The summed E-state index contributed by atoms with van der Waals surface area (Å²) in [6, 6.07) is 70.8. The van der Waals surface area contributed by atoms with Gasteiger partial charge in [-0.1, -0.05) is 129 Å². The molecule has 3 nitrogen and oxygen atoms in total. The van der Waals surface area contributed by atoms with Crippen LogP contribution in [0.25, 0.3) is 66.3 Å². The van der Waals surface area contributed by atoms with Crippen LogP contribution in [0.4, 0.5) is 17.1 Å². The molecule has 10 aromatic rings. The van der Waals surface area contributed by atoms with Gasteiger partial charge >= 0.3 is 0 Å². The molecule has 2 heterocycles. The van der Waals surface area contributed by atoms with Gasteiger partial charge in [0.15, 0.2) is 0 Å². The highest BCUT2D eigenvalue weighted by Crippen LogP contribution is 2.50. The third kappa shape index (κ3) is 4.91. The Labute approximate surface area is 327 Å². The monoisotopic (exact) mass is 717 g/mol. The molecule has 0 radical (unpaired) electrons. The smallest absolute Gasteiger partial charge is 0.0628 e. The largest absolute Gasteiger partial charge is 0.316 e. The van der Waals surface area contributed by atoms with Crippen molar-refractivity contribution in [3.63, 3.8) is 0 Å². The Hall–Kier alpha value is -7.10. The number of hydrogen-bond acceptors (Lipinski definition) is 1. The second kappa shape index (κ2) is 12.5. The number of benzene rings is 8. The zero-order valence-electron chi connectivity index (χ0n) is 31.4. The minimum absolute atomic E-state index is 0.0981. The summed E-state index contributed by atoms with van der Waals surface area (Å²) in [5, 5.41) is 3.73. The Morgan fingerprint density at radius 2 is 1.07 bits per heavy atom. The molecule has 0 spiro atoms. The molecule has 0 aliphatic heterocycles. The second-order valence-electron chi connectivity index (χ2n) is 15.4. The highest BCUT2D eigenvalue weighted by atomic mass is 15.1. The molecule has 0 N–H and O–H groups in total. The standard InChI is InChI=1S/C53H39N3/c1-53(2)47-19-11-9-17-44(47)45-31-30-43(35-48(45)53)55(41-24-21-37(22-25-41)36-13-5-3-6-14-36)42-28-26-39(27-29-42)54-34-33-38-23-32-50-51(52(38)54)46-18-10-12-20-49(46)56(50)40-15-7-4-8-16-40/h3-35H,1-2H3. The van der Waals surface area contributed by atoms with Crippen LogP contribution in [0.15, 0.2) is 200 Å². The summed E-state index contributed by atoms with van der Waals surface area (Å²) >= 11 is 0. The van der Waals surface area contributed by atoms with E-state index in [-0.39, 0.29) is 5.41 Å². The summed E-state index contributed by atoms with van der Waals surface area (Å²) < 4.78 is 4.75. The fourth-order valence-corrected chi connectivity index (χ4v) is 9.23. The average Bonchev–Trinajstić information content (AvgIpc) is 3.91. The van der Waals surface area contributed by atoms with Crippen LogP contribution in [0, 0.1) is 0 Å². The van der Waals surface area contributed by atoms with Gasteiger partial charge in [-0.3, -0.25) is 0 Å². The van der Waals surface area contributed by atoms with Crippen molar-refractivity contribution in [3.8, 4) is 33.6 Å². The predicted octanol–water partition coefficient (Wildman–Crippen LogP) is 14.2. The van der Waals surface area contributed by atoms with Gasteiger partial charge in [-0.05, 0) is 112 Å². The fourth-order valence-electron chi connectivity index (χ4n) is 9.23. The molecule has 0 atom stereocenters. The summed E-state index contributed by atoms with van der Waals surface area (Å²) in [5.41, 5.74) is 17.0. The molecule has 0 saturated heterocycles. The van der Waals surface area contributed by atoms with E-state index in [1.165, 1.54) is 66.1 Å². The van der Waals surface area contributed by atoms with E-state index >= 15 is 0 Å². The zero-order chi connectivity index (χ0) is 37.4. The summed E-state index contributed by atoms with van der Waals surface area (Å²) in [7, 11) is 0. The van der Waals surface area contributed by atoms with E-state index in [0.717, 1.165) is 28.4 Å². The lowest BCUT2D eigenvalue weighted by Crippen LogP contribution is -2.16. The molecule has 2 aromatic heterocycles. The maximum atomic E-state index is 2.41. The Bertz CT molecular complexity index is 3080. The molecule has 3 heteroatoms. The van der Waals surface area contributed by atoms with Crippen molar-refractivity contribution in [3.05, 3.63) is 211 Å². The first-order valence-corrected chi connectivity index (χ1v) is 19.4. The number of aromatic nitrogens is 2. The predicted molar refractivity (Wildman–Crippen MR) is 235 cm³/mol. The van der Waals surface area contributed by atoms with E-state index in [1.807, 2.05) is 0 Å². The van der Waals surface area contributed by atoms with Crippen molar-refractivity contribution in [1.29, 1.82) is 0 Å². The molecule has 0 unspecified atom stereocenters. The van der Waals surface area contributed by atoms with Crippen LogP contribution in [0.1, 0.15) is 25.0 Å². The molecule has 1 aliphatic carbocycles. The first kappa shape index (κ1) is 32.3. The van der Waals surface area contributed by atoms with E-state index in [1.54, 1.807) is 0 Å². The third-order valence-corrected chi connectivity index (χ3v) is 11.9. The quantitative estimate of drug-likeness (QED) is 0.167. The minimum atomic E-state index is -0.0981. The summed E-state index contributed by atoms with van der Waals surface area (Å²) in [5.74, 6) is 0. The van der Waals surface area contributed by atoms with Gasteiger partial charge < -0.3 is 14.0 Å². The molecule has 0 saturated carbocycles. The number of hydrogen-bond donors (Lipinski definition) is 0. The summed E-state index contributed by atoms with van der Waals surface area (Å²) in [4.78, 5) is 2.40. The lowest BCUT2D eigenvalue weighted by atomic mass is 9.82. The maximum absolute atomic E-state index is 2.41. The van der Waals surface area contributed by atoms with Crippen molar-refractivity contribution in [2.75, 3.05) is 4.90 Å². The van der Waals surface area contributed by atoms with Crippen LogP contribution in [0.2, 0.25) is 0 Å². The van der Waals surface area contributed by atoms with E-state index in [9.17, 15) is 0 Å². The topological polar surface area (TPSA) is 13.1 Å². The second-order valence-corrected chi connectivity index (χ2v) is 15.4. The van der Waals surface area contributed by atoms with E-state index in [0.29, 0.717) is 0 Å². The van der Waals surface area contributed by atoms with Crippen LogP contribution in [0.3, 0.4) is 0 Å². The molecule has 56 heavy (non-hydrogen) atoms. The molecule has 0 amide bonds. The van der Waals surface area contributed by atoms with E-state index in [2.05, 4.69) is 228 Å². The van der Waals surface area contributed by atoms with Gasteiger partial charge in [0.25, 0.3) is 0 Å². The summed E-state index contributed by atoms with van der Waals surface area (Å²) in [6.45, 7) is 4.70. The van der Waals surface area contributed by atoms with Crippen LogP contribution in [0.5, 0.6) is 0 Å². The SMILES string of the molecule is CC1(C)c2ccccc2-c2ccc(N(c3ccc(-c4ccccc4)cc3)c3ccc(-n4ccc5ccc6c(c7ccccc7n6-c6ccccc6)c54)cc3)cc21. The molecule has 0 fully saturated rings. The van der Waals surface area contributed by atoms with Gasteiger partial charge in [0, 0.05) is 56.2 Å². The number of anilines is 3. The van der Waals surface area contributed by atoms with Crippen LogP contribution in [-0.4, -0.2) is 9.13 Å². The van der Waals surface area contributed by atoms with Crippen LogP contribution in [-0.2, 0) is 5.41 Å². The van der Waals surface area contributed by atoms with Gasteiger partial charge in [0.05, 0.1) is 16.6 Å². The Morgan fingerprint density at radius 1 is 0.446 bits per heavy atom. The normalized spacial score (nSPS) is 13.0. The van der Waals surface area contributed by atoms with E-state index in [4.69, 9.17) is 0 Å². The third-order valence-electron chi connectivity index (χ3n) is 11.9. The first-order chi connectivity index (χ1) is 27.5. The summed E-state index contributed by atoms with van der Waals surface area (Å²) in [6.07, 6.45) is 2.22. The highest BCUT2D eigenvalue weighted by Gasteiger charge is 2.35. The van der Waals surface area contributed by atoms with Gasteiger partial charge in [-0.2, -0.15) is 0 Å². The number of fused-ring (bicyclic) bond motifs is 8. The van der Waals surface area contributed by atoms with Crippen molar-refractivity contribution in [2.45, 2.75) is 19.3 Å². The minimum Gasteiger partial charge on any atom is -0.316 e. The van der Waals surface area contributed by atoms with Gasteiger partial charge in [0.1, 0.15) is 0 Å². The van der Waals surface area contributed by atoms with Crippen molar-refractivity contribution in [1.82, 2.24) is 9.13 Å². The maximum Gasteiger partial charge on any atom is 0.0628 e. The Balaban J connectivity index is 1.05. The lowest BCUT2D eigenvalue weighted by Gasteiger charge is -2.28. The Kier molecular flexibility index (Phi) is 7.20. The number of rotatable bonds is 6. The van der Waals surface area contributed by atoms with Crippen molar-refractivity contribution >= 4 is 49.8 Å². The van der Waals surface area contributed by atoms with Crippen LogP contribution < -0.4 is 4.90 Å². The molecular weight excluding hydrogens is 679 g/mol. The molecule has 11 rings (SSSR count). The van der Waals surface area contributed by atoms with Crippen molar-refractivity contribution in [2.24, 2.45) is 0 Å². The number of nitrogens with zero attached hydrogens (tertiary/aromatic N) is 3. The van der Waals surface area contributed by atoms with Crippen molar-refractivity contribution < 1.29 is 0 Å². The molecule has 0 bridgehead atoms. The number of para-hydroxylation sites is 2. The average molecular weight is 718 g/mol. The fraction of sp³-hybridized carbons (Fsp3) is 0.0566. The zero-order valence-corrected chi connectivity index (χ0v) is 31.4. The first-order valence-electron chi connectivity index (χ1n) is 19.4. The van der Waals surface area contributed by atoms with Gasteiger partial charge in [0.2, 0.25) is 0 Å². The van der Waals surface area contributed by atoms with Gasteiger partial charge in [-0.15, -0.1) is 0 Å². The molecule has 266 valence electrons. The Morgan fingerprint density at radius 3 is 1.86 bits per heavy atom.